The summed E-state index contributed by atoms with van der Waals surface area (Å²) in [5, 5.41) is 15.4. The van der Waals surface area contributed by atoms with Crippen LogP contribution in [0.5, 0.6) is 0 Å². The van der Waals surface area contributed by atoms with Gasteiger partial charge in [0.15, 0.2) is 11.3 Å². The highest BCUT2D eigenvalue weighted by Gasteiger charge is 2.51. The lowest BCUT2D eigenvalue weighted by Crippen LogP contribution is -2.68. The van der Waals surface area contributed by atoms with E-state index in [1.165, 1.54) is 4.90 Å². The summed E-state index contributed by atoms with van der Waals surface area (Å²) in [7, 11) is 0. The molecular weight excluding hydrogens is 624 g/mol. The molecule has 0 spiro atoms. The Kier molecular flexibility index (Phi) is 14.9. The van der Waals surface area contributed by atoms with E-state index in [0.717, 1.165) is 11.1 Å². The number of rotatable bonds is 19. The third-order valence-electron chi connectivity index (χ3n) is 9.40. The Labute approximate surface area is 289 Å². The van der Waals surface area contributed by atoms with Gasteiger partial charge in [0, 0.05) is 32.5 Å². The highest BCUT2D eigenvalue weighted by molar-refractivity contribution is 6.13. The fraction of sp³-hybridized carbons (Fsp3) is 0.541. The molecule has 268 valence electrons. The zero-order valence-corrected chi connectivity index (χ0v) is 28.9. The second kappa shape index (κ2) is 18.6. The van der Waals surface area contributed by atoms with E-state index in [-0.39, 0.29) is 57.7 Å². The van der Waals surface area contributed by atoms with Crippen LogP contribution in [0, 0.1) is 11.8 Å². The average molecular weight is 679 g/mol. The quantitative estimate of drug-likeness (QED) is 0.0945. The van der Waals surface area contributed by atoms with Crippen LogP contribution in [-0.4, -0.2) is 82.8 Å². The van der Waals surface area contributed by atoms with Crippen molar-refractivity contribution in [1.29, 1.82) is 0 Å². The number of carboxylic acid groups (broad SMARTS) is 1. The van der Waals surface area contributed by atoms with Crippen molar-refractivity contribution < 1.29 is 29.1 Å². The number of nitrogens with two attached hydrogens (primary N) is 3. The number of carbonyl (C=O) groups is 5. The van der Waals surface area contributed by atoms with Crippen LogP contribution in [0.4, 0.5) is 0 Å². The molecule has 12 nitrogen and oxygen atoms in total. The Morgan fingerprint density at radius 1 is 0.878 bits per heavy atom. The molecule has 1 aliphatic heterocycles. The highest BCUT2D eigenvalue weighted by Crippen LogP contribution is 2.28. The highest BCUT2D eigenvalue weighted by atomic mass is 16.4. The number of aliphatic carboxylic acids is 1. The third kappa shape index (κ3) is 10.9. The number of amides is 3. The smallest absolute Gasteiger partial charge is 0.323 e. The van der Waals surface area contributed by atoms with E-state index >= 15 is 0 Å². The van der Waals surface area contributed by atoms with Gasteiger partial charge in [0.1, 0.15) is 11.6 Å². The van der Waals surface area contributed by atoms with Gasteiger partial charge >= 0.3 is 5.97 Å². The van der Waals surface area contributed by atoms with E-state index in [1.54, 1.807) is 0 Å². The van der Waals surface area contributed by atoms with Gasteiger partial charge in [0.2, 0.25) is 11.8 Å². The molecule has 12 heteroatoms. The molecule has 1 heterocycles. The number of hydrogen-bond acceptors (Lipinski definition) is 8. The Morgan fingerprint density at radius 2 is 1.45 bits per heavy atom. The first-order valence-electron chi connectivity index (χ1n) is 17.3. The summed E-state index contributed by atoms with van der Waals surface area (Å²) in [4.78, 5) is 70.2. The fourth-order valence-electron chi connectivity index (χ4n) is 6.14. The van der Waals surface area contributed by atoms with Crippen LogP contribution in [0.1, 0.15) is 69.9 Å². The molecule has 49 heavy (non-hydrogen) atoms. The molecule has 0 saturated carbocycles. The summed E-state index contributed by atoms with van der Waals surface area (Å²) in [5.74, 6) is -3.77. The van der Waals surface area contributed by atoms with Gasteiger partial charge in [-0.15, -0.1) is 0 Å². The van der Waals surface area contributed by atoms with Crippen molar-refractivity contribution in [3.05, 3.63) is 71.8 Å². The molecule has 0 aromatic heterocycles. The van der Waals surface area contributed by atoms with Gasteiger partial charge in [0.05, 0.1) is 5.92 Å². The van der Waals surface area contributed by atoms with Crippen molar-refractivity contribution in [2.45, 2.75) is 88.8 Å². The lowest BCUT2D eigenvalue weighted by atomic mass is 9.81. The number of benzene rings is 2. The van der Waals surface area contributed by atoms with Gasteiger partial charge in [0.25, 0.3) is 5.91 Å². The number of carbonyl (C=O) groups excluding carboxylic acids is 4. The molecular formula is C37H54N6O6. The third-order valence-corrected chi connectivity index (χ3v) is 9.40. The molecule has 1 aliphatic rings. The SMILES string of the molecule is CC(C)CCC(=O)[C@@](CCCCN)(NC(=O)C(Cc1ccccc1)NC(=O)C(CN)Cc1ccccc1)C(=O)N1CCC(N)(C(=O)O)CC1. The summed E-state index contributed by atoms with van der Waals surface area (Å²) in [5.41, 5.74) is 16.2. The number of unbranched alkanes of at least 4 members (excludes halogenated alkanes) is 1. The zero-order chi connectivity index (χ0) is 36.0. The Balaban J connectivity index is 2.00. The number of ketones is 1. The predicted molar refractivity (Wildman–Crippen MR) is 188 cm³/mol. The van der Waals surface area contributed by atoms with Gasteiger partial charge in [-0.25, -0.2) is 0 Å². The molecule has 2 unspecified atom stereocenters. The van der Waals surface area contributed by atoms with Gasteiger partial charge < -0.3 is 37.8 Å². The maximum atomic E-state index is 14.5. The van der Waals surface area contributed by atoms with Crippen molar-refractivity contribution in [2.75, 3.05) is 26.2 Å². The Hall–Kier alpha value is -4.13. The molecule has 1 fully saturated rings. The summed E-state index contributed by atoms with van der Waals surface area (Å²) in [6, 6.07) is 17.5. The first-order chi connectivity index (χ1) is 23.3. The molecule has 0 aliphatic carbocycles. The maximum Gasteiger partial charge on any atom is 0.323 e. The minimum absolute atomic E-state index is 0.000333. The topological polar surface area (TPSA) is 211 Å². The van der Waals surface area contributed by atoms with Gasteiger partial charge in [-0.2, -0.15) is 0 Å². The molecule has 9 N–H and O–H groups in total. The van der Waals surface area contributed by atoms with E-state index in [1.807, 2.05) is 74.5 Å². The zero-order valence-electron chi connectivity index (χ0n) is 28.9. The van der Waals surface area contributed by atoms with Gasteiger partial charge in [-0.1, -0.05) is 74.5 Å². The van der Waals surface area contributed by atoms with Crippen molar-refractivity contribution in [3.63, 3.8) is 0 Å². The van der Waals surface area contributed by atoms with Crippen LogP contribution in [0.15, 0.2) is 60.7 Å². The number of nitrogens with zero attached hydrogens (tertiary/aromatic N) is 1. The van der Waals surface area contributed by atoms with Gasteiger partial charge in [-0.05, 0) is 68.5 Å². The molecule has 3 amide bonds. The lowest BCUT2D eigenvalue weighted by Gasteiger charge is -2.42. The summed E-state index contributed by atoms with van der Waals surface area (Å²) in [6.45, 7) is 4.32. The van der Waals surface area contributed by atoms with Crippen LogP contribution >= 0.6 is 0 Å². The Morgan fingerprint density at radius 3 is 1.96 bits per heavy atom. The summed E-state index contributed by atoms with van der Waals surface area (Å²) in [6.07, 6.45) is 1.88. The monoisotopic (exact) mass is 678 g/mol. The summed E-state index contributed by atoms with van der Waals surface area (Å²) >= 11 is 0. The second-order valence-corrected chi connectivity index (χ2v) is 13.6. The number of Topliss-reactive ketones (excluding diaryl/α,β-unsaturated/α-hetero) is 1. The van der Waals surface area contributed by atoms with Crippen molar-refractivity contribution in [2.24, 2.45) is 29.0 Å². The van der Waals surface area contributed by atoms with Crippen LogP contribution < -0.4 is 27.8 Å². The predicted octanol–water partition coefficient (Wildman–Crippen LogP) is 1.93. The van der Waals surface area contributed by atoms with Crippen LogP contribution in [0.25, 0.3) is 0 Å². The normalized spacial score (nSPS) is 16.7. The number of piperidine rings is 1. The van der Waals surface area contributed by atoms with E-state index in [9.17, 15) is 29.1 Å². The molecule has 0 bridgehead atoms. The van der Waals surface area contributed by atoms with Crippen LogP contribution in [0.3, 0.4) is 0 Å². The molecule has 2 aromatic rings. The first-order valence-corrected chi connectivity index (χ1v) is 17.3. The van der Waals surface area contributed by atoms with Crippen LogP contribution in [0.2, 0.25) is 0 Å². The first kappa shape index (κ1) is 39.3. The van der Waals surface area contributed by atoms with E-state index in [4.69, 9.17) is 17.2 Å². The molecule has 3 rings (SSSR count). The van der Waals surface area contributed by atoms with Crippen LogP contribution in [-0.2, 0) is 36.8 Å². The van der Waals surface area contributed by atoms with E-state index < -0.39 is 52.5 Å². The minimum atomic E-state index is -1.95. The second-order valence-electron chi connectivity index (χ2n) is 13.6. The standard InChI is InChI=1S/C37H54N6O6/c1-26(2)15-16-31(44)37(17-9-10-20-38,34(47)43-21-18-36(40,19-22-43)35(48)49)42-33(46)30(24-28-13-7-4-8-14-28)41-32(45)29(25-39)23-27-11-5-3-6-12-27/h3-8,11-14,26,29-30H,9-10,15-25,38-40H2,1-2H3,(H,41,45)(H,42,46)(H,48,49)/t29?,30?,37-/m1/s1. The van der Waals surface area contributed by atoms with E-state index in [0.29, 0.717) is 32.2 Å². The molecule has 0 radical (unpaired) electrons. The van der Waals surface area contributed by atoms with Crippen molar-refractivity contribution >= 4 is 29.5 Å². The van der Waals surface area contributed by atoms with E-state index in [2.05, 4.69) is 10.6 Å². The molecule has 1 saturated heterocycles. The Bertz CT molecular complexity index is 1400. The average Bonchev–Trinajstić information content (AvgIpc) is 3.09. The minimum Gasteiger partial charge on any atom is -0.480 e. The fourth-order valence-corrected chi connectivity index (χ4v) is 6.14. The van der Waals surface area contributed by atoms with Crippen molar-refractivity contribution in [1.82, 2.24) is 15.5 Å². The van der Waals surface area contributed by atoms with Gasteiger partial charge in [-0.3, -0.25) is 24.0 Å². The number of nitrogens with one attached hydrogen (secondary N) is 2. The number of likely N-dealkylation sites (tertiary alicyclic amines) is 1. The summed E-state index contributed by atoms with van der Waals surface area (Å²) < 4.78 is 0. The number of carboxylic acids is 1. The number of hydrogen-bond donors (Lipinski definition) is 6. The molecule has 3 atom stereocenters. The lowest BCUT2D eigenvalue weighted by molar-refractivity contribution is -0.153. The maximum absolute atomic E-state index is 14.5. The molecule has 2 aromatic carbocycles. The van der Waals surface area contributed by atoms with Crippen molar-refractivity contribution in [3.8, 4) is 0 Å². The largest absolute Gasteiger partial charge is 0.480 e.